The van der Waals surface area contributed by atoms with Gasteiger partial charge in [0, 0.05) is 6.04 Å². The zero-order valence-electron chi connectivity index (χ0n) is 13.8. The van der Waals surface area contributed by atoms with Gasteiger partial charge in [-0.2, -0.15) is 5.26 Å². The fourth-order valence-corrected chi connectivity index (χ4v) is 3.78. The lowest BCUT2D eigenvalue weighted by molar-refractivity contribution is -0.143. The van der Waals surface area contributed by atoms with Crippen molar-refractivity contribution in [3.8, 4) is 6.07 Å². The Kier molecular flexibility index (Phi) is 5.66. The molecule has 0 bridgehead atoms. The van der Waals surface area contributed by atoms with Crippen LogP contribution in [0.5, 0.6) is 0 Å². The van der Waals surface area contributed by atoms with Crippen molar-refractivity contribution in [3.05, 3.63) is 22.6 Å². The number of halogens is 2. The van der Waals surface area contributed by atoms with Crippen LogP contribution in [0.1, 0.15) is 51.5 Å². The fourth-order valence-electron chi connectivity index (χ4n) is 3.60. The number of carboxylic acids is 1. The van der Waals surface area contributed by atoms with E-state index in [0.717, 1.165) is 31.7 Å². The lowest BCUT2D eigenvalue weighted by atomic mass is 9.73. The topological polar surface area (TPSA) is 86.0 Å². The van der Waals surface area contributed by atoms with Crippen molar-refractivity contribution >= 4 is 23.4 Å². The van der Waals surface area contributed by atoms with Crippen LogP contribution in [0, 0.1) is 28.5 Å². The Bertz CT molecular complexity index is 669. The van der Waals surface area contributed by atoms with E-state index in [-0.39, 0.29) is 21.9 Å². The van der Waals surface area contributed by atoms with Crippen molar-refractivity contribution in [1.82, 2.24) is 4.98 Å². The number of carbonyl (C=O) groups is 1. The number of aliphatic carboxylic acids is 1. The summed E-state index contributed by atoms with van der Waals surface area (Å²) >= 11 is 5.90. The molecule has 2 atom stereocenters. The molecular weight excluding hydrogens is 333 g/mol. The van der Waals surface area contributed by atoms with Crippen molar-refractivity contribution in [2.75, 3.05) is 5.32 Å². The van der Waals surface area contributed by atoms with Crippen LogP contribution in [0.3, 0.4) is 0 Å². The highest BCUT2D eigenvalue weighted by atomic mass is 35.5. The minimum Gasteiger partial charge on any atom is -0.481 e. The maximum absolute atomic E-state index is 14.3. The summed E-state index contributed by atoms with van der Waals surface area (Å²) in [5, 5.41) is 21.4. The Morgan fingerprint density at radius 2 is 2.21 bits per heavy atom. The van der Waals surface area contributed by atoms with Gasteiger partial charge in [-0.05, 0) is 30.7 Å². The van der Waals surface area contributed by atoms with E-state index in [9.17, 15) is 14.3 Å². The Morgan fingerprint density at radius 3 is 2.71 bits per heavy atom. The normalized spacial score (nSPS) is 18.6. The maximum Gasteiger partial charge on any atom is 0.308 e. The first kappa shape index (κ1) is 18.5. The molecule has 24 heavy (non-hydrogen) atoms. The van der Waals surface area contributed by atoms with Gasteiger partial charge in [-0.25, -0.2) is 9.37 Å². The standard InChI is InChI=1S/C17H21ClFN3O2/c1-3-11(16(23)24)13(17(2)6-4-5-7-17)21-15-12(19)8-10(9-20)14(18)22-15/h8,11,13H,3-7H2,1-2H3,(H,21,22)(H,23,24)/t11-,13?/m1/s1. The van der Waals surface area contributed by atoms with Crippen molar-refractivity contribution in [3.63, 3.8) is 0 Å². The van der Waals surface area contributed by atoms with Crippen LogP contribution in [0.15, 0.2) is 6.07 Å². The van der Waals surface area contributed by atoms with Crippen molar-refractivity contribution in [2.45, 2.75) is 52.0 Å². The monoisotopic (exact) mass is 353 g/mol. The van der Waals surface area contributed by atoms with E-state index in [1.54, 1.807) is 13.0 Å². The smallest absolute Gasteiger partial charge is 0.308 e. The van der Waals surface area contributed by atoms with Crippen LogP contribution in [-0.4, -0.2) is 22.1 Å². The summed E-state index contributed by atoms with van der Waals surface area (Å²) in [4.78, 5) is 15.6. The Labute approximate surface area is 145 Å². The van der Waals surface area contributed by atoms with Crippen molar-refractivity contribution < 1.29 is 14.3 Å². The third-order valence-electron chi connectivity index (χ3n) is 5.00. The molecule has 1 fully saturated rings. The highest BCUT2D eigenvalue weighted by Crippen LogP contribution is 2.45. The van der Waals surface area contributed by atoms with E-state index in [0.29, 0.717) is 6.42 Å². The second-order valence-corrected chi connectivity index (χ2v) is 6.96. The molecule has 0 radical (unpaired) electrons. The minimum absolute atomic E-state index is 0.0476. The Morgan fingerprint density at radius 1 is 1.58 bits per heavy atom. The summed E-state index contributed by atoms with van der Waals surface area (Å²) < 4.78 is 14.3. The number of nitriles is 1. The summed E-state index contributed by atoms with van der Waals surface area (Å²) in [6.45, 7) is 3.84. The molecule has 1 heterocycles. The van der Waals surface area contributed by atoms with Gasteiger partial charge in [0.05, 0.1) is 11.5 Å². The van der Waals surface area contributed by atoms with Gasteiger partial charge in [0.25, 0.3) is 0 Å². The van der Waals surface area contributed by atoms with Gasteiger partial charge in [-0.1, -0.05) is 38.3 Å². The average molecular weight is 354 g/mol. The molecule has 130 valence electrons. The minimum atomic E-state index is -0.914. The predicted octanol–water partition coefficient (Wildman–Crippen LogP) is 4.22. The summed E-state index contributed by atoms with van der Waals surface area (Å²) in [5.74, 6) is -2.38. The molecule has 0 aromatic carbocycles. The first-order valence-electron chi connectivity index (χ1n) is 8.08. The third-order valence-corrected chi connectivity index (χ3v) is 5.29. The molecule has 1 aliphatic rings. The number of aromatic nitrogens is 1. The number of nitrogens with one attached hydrogen (secondary N) is 1. The first-order valence-corrected chi connectivity index (χ1v) is 8.45. The number of hydrogen-bond acceptors (Lipinski definition) is 4. The number of nitrogens with zero attached hydrogens (tertiary/aromatic N) is 2. The van der Waals surface area contributed by atoms with Gasteiger partial charge in [-0.15, -0.1) is 0 Å². The second kappa shape index (κ2) is 7.35. The Hall–Kier alpha value is -1.87. The van der Waals surface area contributed by atoms with E-state index in [1.807, 2.05) is 6.92 Å². The second-order valence-electron chi connectivity index (χ2n) is 6.61. The molecule has 0 aliphatic heterocycles. The van der Waals surface area contributed by atoms with Gasteiger partial charge < -0.3 is 10.4 Å². The summed E-state index contributed by atoms with van der Waals surface area (Å²) in [7, 11) is 0. The zero-order chi connectivity index (χ0) is 17.9. The van der Waals surface area contributed by atoms with Gasteiger partial charge in [0.15, 0.2) is 11.6 Å². The lowest BCUT2D eigenvalue weighted by Crippen LogP contribution is -2.45. The Balaban J connectivity index is 2.41. The zero-order valence-corrected chi connectivity index (χ0v) is 14.5. The number of hydrogen-bond donors (Lipinski definition) is 2. The van der Waals surface area contributed by atoms with Crippen LogP contribution in [0.25, 0.3) is 0 Å². The van der Waals surface area contributed by atoms with Gasteiger partial charge in [0.1, 0.15) is 11.2 Å². The molecule has 0 amide bonds. The molecule has 2 rings (SSSR count). The van der Waals surface area contributed by atoms with Crippen LogP contribution in [0.4, 0.5) is 10.2 Å². The summed E-state index contributed by atoms with van der Waals surface area (Å²) in [6, 6.07) is 2.33. The number of anilines is 1. The molecule has 0 spiro atoms. The SMILES string of the molecule is CC[C@@H](C(=O)O)C(Nc1nc(Cl)c(C#N)cc1F)C1(C)CCCC1. The third kappa shape index (κ3) is 3.62. The van der Waals surface area contributed by atoms with Crippen molar-refractivity contribution in [1.29, 1.82) is 5.26 Å². The number of carboxylic acid groups (broad SMARTS) is 1. The largest absolute Gasteiger partial charge is 0.481 e. The van der Waals surface area contributed by atoms with Gasteiger partial charge >= 0.3 is 5.97 Å². The molecule has 0 saturated heterocycles. The molecule has 1 aromatic rings. The van der Waals surface area contributed by atoms with E-state index in [4.69, 9.17) is 16.9 Å². The summed E-state index contributed by atoms with van der Waals surface area (Å²) in [5.41, 5.74) is -0.304. The van der Waals surface area contributed by atoms with Gasteiger partial charge in [-0.3, -0.25) is 4.79 Å². The van der Waals surface area contributed by atoms with E-state index >= 15 is 0 Å². The lowest BCUT2D eigenvalue weighted by Gasteiger charge is -2.38. The average Bonchev–Trinajstić information content (AvgIpc) is 2.97. The predicted molar refractivity (Wildman–Crippen MR) is 89.3 cm³/mol. The molecule has 1 aromatic heterocycles. The molecule has 1 unspecified atom stereocenters. The first-order chi connectivity index (χ1) is 11.3. The van der Waals surface area contributed by atoms with Crippen LogP contribution >= 0.6 is 11.6 Å². The fraction of sp³-hybridized carbons (Fsp3) is 0.588. The van der Waals surface area contributed by atoms with Crippen LogP contribution < -0.4 is 5.32 Å². The molecular formula is C17H21ClFN3O2. The van der Waals surface area contributed by atoms with E-state index in [1.165, 1.54) is 0 Å². The van der Waals surface area contributed by atoms with Crippen molar-refractivity contribution in [2.24, 2.45) is 11.3 Å². The number of rotatable bonds is 6. The van der Waals surface area contributed by atoms with E-state index < -0.39 is 23.7 Å². The highest BCUT2D eigenvalue weighted by molar-refractivity contribution is 6.30. The van der Waals surface area contributed by atoms with Crippen LogP contribution in [0.2, 0.25) is 5.15 Å². The molecule has 1 saturated carbocycles. The quantitative estimate of drug-likeness (QED) is 0.748. The molecule has 2 N–H and O–H groups in total. The molecule has 7 heteroatoms. The maximum atomic E-state index is 14.3. The molecule has 1 aliphatic carbocycles. The number of pyridine rings is 1. The van der Waals surface area contributed by atoms with E-state index in [2.05, 4.69) is 10.3 Å². The summed E-state index contributed by atoms with van der Waals surface area (Å²) in [6.07, 6.45) is 4.22. The van der Waals surface area contributed by atoms with Gasteiger partial charge in [0.2, 0.25) is 0 Å². The highest BCUT2D eigenvalue weighted by Gasteiger charge is 2.43. The van der Waals surface area contributed by atoms with Crippen LogP contribution in [-0.2, 0) is 4.79 Å². The molecule has 5 nitrogen and oxygen atoms in total.